The van der Waals surface area contributed by atoms with Crippen molar-refractivity contribution in [3.05, 3.63) is 24.3 Å². The second-order valence-electron chi connectivity index (χ2n) is 5.04. The summed E-state index contributed by atoms with van der Waals surface area (Å²) in [5.41, 5.74) is 7.47. The summed E-state index contributed by atoms with van der Waals surface area (Å²) in [5, 5.41) is 6.01. The summed E-state index contributed by atoms with van der Waals surface area (Å²) in [7, 11) is 0. The predicted octanol–water partition coefficient (Wildman–Crippen LogP) is 2.90. The van der Waals surface area contributed by atoms with Crippen LogP contribution in [-0.2, 0) is 4.74 Å². The lowest BCUT2D eigenvalue weighted by molar-refractivity contribution is 0.168. The van der Waals surface area contributed by atoms with Gasteiger partial charge >= 0.3 is 6.09 Å². The molecule has 0 bridgehead atoms. The van der Waals surface area contributed by atoms with E-state index in [1.165, 1.54) is 0 Å². The van der Waals surface area contributed by atoms with Gasteiger partial charge in [-0.05, 0) is 49.6 Å². The smallest absolute Gasteiger partial charge is 0.411 e. The van der Waals surface area contributed by atoms with Crippen molar-refractivity contribution in [2.75, 3.05) is 30.3 Å². The van der Waals surface area contributed by atoms with E-state index in [4.69, 9.17) is 10.5 Å². The molecule has 1 amide bonds. The average molecular weight is 279 g/mol. The maximum atomic E-state index is 11.3. The molecule has 0 heterocycles. The van der Waals surface area contributed by atoms with Gasteiger partial charge in [0.1, 0.15) is 0 Å². The Bertz CT molecular complexity index is 404. The van der Waals surface area contributed by atoms with Crippen molar-refractivity contribution in [1.82, 2.24) is 0 Å². The van der Waals surface area contributed by atoms with Gasteiger partial charge in [-0.25, -0.2) is 4.79 Å². The molecule has 4 N–H and O–H groups in total. The van der Waals surface area contributed by atoms with Crippen molar-refractivity contribution < 1.29 is 9.53 Å². The van der Waals surface area contributed by atoms with E-state index in [9.17, 15) is 4.79 Å². The highest BCUT2D eigenvalue weighted by atomic mass is 16.5. The molecule has 5 nitrogen and oxygen atoms in total. The summed E-state index contributed by atoms with van der Waals surface area (Å²) in [5.74, 6) is 1.00. The Labute approximate surface area is 120 Å². The number of anilines is 2. The van der Waals surface area contributed by atoms with E-state index in [2.05, 4.69) is 24.5 Å². The number of ether oxygens (including phenoxy) is 1. The number of carbonyl (C=O) groups is 1. The van der Waals surface area contributed by atoms with Crippen LogP contribution in [0.3, 0.4) is 0 Å². The minimum atomic E-state index is -0.434. The van der Waals surface area contributed by atoms with Crippen LogP contribution in [0.1, 0.15) is 20.8 Å². The van der Waals surface area contributed by atoms with E-state index in [1.54, 1.807) is 6.92 Å². The molecular weight excluding hydrogens is 254 g/mol. The van der Waals surface area contributed by atoms with Crippen LogP contribution in [0.5, 0.6) is 0 Å². The molecule has 0 saturated heterocycles. The second kappa shape index (κ2) is 8.43. The molecule has 0 radical (unpaired) electrons. The monoisotopic (exact) mass is 279 g/mol. The van der Waals surface area contributed by atoms with Gasteiger partial charge in [-0.2, -0.15) is 0 Å². The summed E-state index contributed by atoms with van der Waals surface area (Å²) in [6.45, 7) is 8.00. The number of carbonyl (C=O) groups excluding carboxylic acids is 1. The molecule has 0 saturated carbocycles. The van der Waals surface area contributed by atoms with Gasteiger partial charge < -0.3 is 15.8 Å². The molecule has 0 aromatic heterocycles. The zero-order valence-electron chi connectivity index (χ0n) is 12.5. The van der Waals surface area contributed by atoms with Crippen molar-refractivity contribution in [2.45, 2.75) is 20.8 Å². The molecule has 20 heavy (non-hydrogen) atoms. The van der Waals surface area contributed by atoms with Gasteiger partial charge in [0.25, 0.3) is 0 Å². The Morgan fingerprint density at radius 3 is 2.35 bits per heavy atom. The molecule has 0 aliphatic heterocycles. The van der Waals surface area contributed by atoms with Crippen molar-refractivity contribution >= 4 is 17.5 Å². The van der Waals surface area contributed by atoms with Gasteiger partial charge in [0.2, 0.25) is 0 Å². The van der Waals surface area contributed by atoms with E-state index in [0.717, 1.165) is 12.2 Å². The van der Waals surface area contributed by atoms with Crippen LogP contribution in [0.4, 0.5) is 16.2 Å². The summed E-state index contributed by atoms with van der Waals surface area (Å²) in [6, 6.07) is 7.53. The number of amides is 1. The Kier molecular flexibility index (Phi) is 6.87. The van der Waals surface area contributed by atoms with Crippen molar-refractivity contribution in [3.63, 3.8) is 0 Å². The third kappa shape index (κ3) is 5.48. The van der Waals surface area contributed by atoms with Gasteiger partial charge in [-0.3, -0.25) is 5.32 Å². The quantitative estimate of drug-likeness (QED) is 0.717. The van der Waals surface area contributed by atoms with Crippen molar-refractivity contribution in [1.29, 1.82) is 0 Å². The van der Waals surface area contributed by atoms with Gasteiger partial charge in [0.15, 0.2) is 0 Å². The first kappa shape index (κ1) is 16.3. The zero-order chi connectivity index (χ0) is 15.0. The standard InChI is InChI=1S/C15H25N3O2/c1-4-20-15(19)18-14-7-5-13(6-8-14)17-10-12(9-16)11(2)3/h5-8,11-12,17H,4,9-10,16H2,1-3H3,(H,18,19). The van der Waals surface area contributed by atoms with E-state index in [1.807, 2.05) is 24.3 Å². The fraction of sp³-hybridized carbons (Fsp3) is 0.533. The minimum Gasteiger partial charge on any atom is -0.450 e. The third-order valence-electron chi connectivity index (χ3n) is 3.22. The lowest BCUT2D eigenvalue weighted by Gasteiger charge is -2.20. The van der Waals surface area contributed by atoms with Crippen molar-refractivity contribution in [3.8, 4) is 0 Å². The molecule has 112 valence electrons. The topological polar surface area (TPSA) is 76.4 Å². The van der Waals surface area contributed by atoms with Crippen LogP contribution in [0.25, 0.3) is 0 Å². The zero-order valence-corrected chi connectivity index (χ0v) is 12.5. The number of rotatable bonds is 7. The maximum absolute atomic E-state index is 11.3. The Morgan fingerprint density at radius 2 is 1.85 bits per heavy atom. The van der Waals surface area contributed by atoms with E-state index in [0.29, 0.717) is 30.7 Å². The molecule has 0 spiro atoms. The van der Waals surface area contributed by atoms with Crippen LogP contribution in [-0.4, -0.2) is 25.8 Å². The number of hydrogen-bond acceptors (Lipinski definition) is 4. The second-order valence-corrected chi connectivity index (χ2v) is 5.04. The summed E-state index contributed by atoms with van der Waals surface area (Å²) < 4.78 is 4.82. The number of hydrogen-bond donors (Lipinski definition) is 3. The first-order valence-corrected chi connectivity index (χ1v) is 7.04. The predicted molar refractivity (Wildman–Crippen MR) is 83.0 cm³/mol. The summed E-state index contributed by atoms with van der Waals surface area (Å²) >= 11 is 0. The van der Waals surface area contributed by atoms with Gasteiger partial charge in [0, 0.05) is 17.9 Å². The third-order valence-corrected chi connectivity index (χ3v) is 3.22. The Hall–Kier alpha value is -1.75. The fourth-order valence-electron chi connectivity index (χ4n) is 1.80. The van der Waals surface area contributed by atoms with Crippen molar-refractivity contribution in [2.24, 2.45) is 17.6 Å². The lowest BCUT2D eigenvalue weighted by atomic mass is 9.96. The fourth-order valence-corrected chi connectivity index (χ4v) is 1.80. The molecule has 0 aliphatic carbocycles. The molecule has 1 rings (SSSR count). The number of nitrogens with two attached hydrogens (primary N) is 1. The number of nitrogens with one attached hydrogen (secondary N) is 2. The normalized spacial score (nSPS) is 12.1. The summed E-state index contributed by atoms with van der Waals surface area (Å²) in [4.78, 5) is 11.3. The largest absolute Gasteiger partial charge is 0.450 e. The van der Waals surface area contributed by atoms with Crippen LogP contribution in [0.2, 0.25) is 0 Å². The van der Waals surface area contributed by atoms with E-state index in [-0.39, 0.29) is 0 Å². The Morgan fingerprint density at radius 1 is 1.25 bits per heavy atom. The molecule has 0 fully saturated rings. The SMILES string of the molecule is CCOC(=O)Nc1ccc(NCC(CN)C(C)C)cc1. The first-order valence-electron chi connectivity index (χ1n) is 7.04. The highest BCUT2D eigenvalue weighted by Gasteiger charge is 2.10. The lowest BCUT2D eigenvalue weighted by Crippen LogP contribution is -2.27. The average Bonchev–Trinajstić information content (AvgIpc) is 2.41. The molecule has 1 atom stereocenters. The highest BCUT2D eigenvalue weighted by Crippen LogP contribution is 2.16. The van der Waals surface area contributed by atoms with Crippen LogP contribution >= 0.6 is 0 Å². The van der Waals surface area contributed by atoms with Gasteiger partial charge in [-0.1, -0.05) is 13.8 Å². The van der Waals surface area contributed by atoms with Gasteiger partial charge in [0.05, 0.1) is 6.61 Å². The van der Waals surface area contributed by atoms with Gasteiger partial charge in [-0.15, -0.1) is 0 Å². The minimum absolute atomic E-state index is 0.362. The van der Waals surface area contributed by atoms with E-state index < -0.39 is 6.09 Å². The molecule has 1 unspecified atom stereocenters. The van der Waals surface area contributed by atoms with E-state index >= 15 is 0 Å². The number of benzene rings is 1. The molecule has 1 aromatic carbocycles. The molecule has 1 aromatic rings. The molecule has 0 aliphatic rings. The van der Waals surface area contributed by atoms with Crippen LogP contribution in [0.15, 0.2) is 24.3 Å². The Balaban J connectivity index is 2.48. The molecule has 5 heteroatoms. The maximum Gasteiger partial charge on any atom is 0.411 e. The van der Waals surface area contributed by atoms with Crippen LogP contribution in [0, 0.1) is 11.8 Å². The summed E-state index contributed by atoms with van der Waals surface area (Å²) in [6.07, 6.45) is -0.434. The highest BCUT2D eigenvalue weighted by molar-refractivity contribution is 5.84. The van der Waals surface area contributed by atoms with Crippen LogP contribution < -0.4 is 16.4 Å². The molecular formula is C15H25N3O2. The first-order chi connectivity index (χ1) is 9.56.